The van der Waals surface area contributed by atoms with Crippen molar-refractivity contribution >= 4 is 5.97 Å². The van der Waals surface area contributed by atoms with Gasteiger partial charge < -0.3 is 10.5 Å². The molecular formula is C12H16FNO2. The number of hydrogen-bond donors (Lipinski definition) is 1. The van der Waals surface area contributed by atoms with Gasteiger partial charge in [0.1, 0.15) is 17.1 Å². The second-order valence-corrected chi connectivity index (χ2v) is 4.07. The lowest BCUT2D eigenvalue weighted by molar-refractivity contribution is -0.139. The molecule has 0 bridgehead atoms. The zero-order valence-corrected chi connectivity index (χ0v) is 9.71. The van der Waals surface area contributed by atoms with Gasteiger partial charge in [-0.25, -0.2) is 9.18 Å². The minimum absolute atomic E-state index is 0.179. The fourth-order valence-corrected chi connectivity index (χ4v) is 1.01. The molecule has 4 heteroatoms. The predicted molar refractivity (Wildman–Crippen MR) is 59.7 cm³/mol. The van der Waals surface area contributed by atoms with Crippen LogP contribution < -0.4 is 10.5 Å². The molecular weight excluding hydrogens is 209 g/mol. The summed E-state index contributed by atoms with van der Waals surface area (Å²) in [6.07, 6.45) is 0.459. The van der Waals surface area contributed by atoms with E-state index in [2.05, 4.69) is 0 Å². The summed E-state index contributed by atoms with van der Waals surface area (Å²) >= 11 is 0. The highest BCUT2D eigenvalue weighted by molar-refractivity contribution is 5.82. The zero-order chi connectivity index (χ0) is 12.3. The van der Waals surface area contributed by atoms with E-state index in [9.17, 15) is 9.18 Å². The van der Waals surface area contributed by atoms with Crippen molar-refractivity contribution in [3.8, 4) is 5.75 Å². The fraction of sp³-hybridized carbons (Fsp3) is 0.417. The number of carbonyl (C=O) groups excluding carboxylic acids is 1. The molecule has 0 heterocycles. The number of ether oxygens (including phenoxy) is 1. The second-order valence-electron chi connectivity index (χ2n) is 4.07. The highest BCUT2D eigenvalue weighted by Crippen LogP contribution is 2.18. The van der Waals surface area contributed by atoms with E-state index in [1.165, 1.54) is 6.07 Å². The first kappa shape index (κ1) is 12.6. The van der Waals surface area contributed by atoms with Gasteiger partial charge in [0.25, 0.3) is 0 Å². The van der Waals surface area contributed by atoms with Crippen molar-refractivity contribution in [3.63, 3.8) is 0 Å². The summed E-state index contributed by atoms with van der Waals surface area (Å²) in [4.78, 5) is 11.6. The van der Waals surface area contributed by atoms with Crippen LogP contribution in [0.1, 0.15) is 25.8 Å². The van der Waals surface area contributed by atoms with Crippen LogP contribution in [-0.4, -0.2) is 11.5 Å². The lowest BCUT2D eigenvalue weighted by Gasteiger charge is -2.20. The Hall–Kier alpha value is -1.42. The van der Waals surface area contributed by atoms with Gasteiger partial charge in [-0.15, -0.1) is 0 Å². The molecule has 16 heavy (non-hydrogen) atoms. The maximum Gasteiger partial charge on any atom is 0.331 e. The minimum atomic E-state index is -1.04. The van der Waals surface area contributed by atoms with Crippen molar-refractivity contribution < 1.29 is 13.9 Å². The van der Waals surface area contributed by atoms with Crippen molar-refractivity contribution in [1.29, 1.82) is 0 Å². The van der Waals surface area contributed by atoms with Crippen LogP contribution in [0.5, 0.6) is 5.75 Å². The molecule has 1 unspecified atom stereocenters. The smallest absolute Gasteiger partial charge is 0.331 e. The summed E-state index contributed by atoms with van der Waals surface area (Å²) in [5.74, 6) is -0.781. The largest absolute Gasteiger partial charge is 0.425 e. The molecule has 0 aromatic heterocycles. The number of hydrogen-bond acceptors (Lipinski definition) is 3. The first-order chi connectivity index (χ1) is 7.36. The van der Waals surface area contributed by atoms with Crippen molar-refractivity contribution in [3.05, 3.63) is 29.6 Å². The molecule has 88 valence electrons. The summed E-state index contributed by atoms with van der Waals surface area (Å²) in [5, 5.41) is 0. The standard InChI is InChI=1S/C12H16FNO2/c1-4-12(3,14)11(15)16-9-6-5-8(2)10(13)7-9/h5-7H,4,14H2,1-3H3. The molecule has 1 aromatic rings. The van der Waals surface area contributed by atoms with Crippen LogP contribution in [0.4, 0.5) is 4.39 Å². The van der Waals surface area contributed by atoms with Gasteiger partial charge in [0.15, 0.2) is 0 Å². The molecule has 0 aliphatic rings. The van der Waals surface area contributed by atoms with E-state index in [1.807, 2.05) is 0 Å². The SMILES string of the molecule is CCC(C)(N)C(=O)Oc1ccc(C)c(F)c1. The maximum atomic E-state index is 13.2. The van der Waals surface area contributed by atoms with Crippen LogP contribution in [0.2, 0.25) is 0 Å². The third kappa shape index (κ3) is 2.79. The lowest BCUT2D eigenvalue weighted by Crippen LogP contribution is -2.46. The quantitative estimate of drug-likeness (QED) is 0.633. The Balaban J connectivity index is 2.82. The van der Waals surface area contributed by atoms with Crippen LogP contribution in [-0.2, 0) is 4.79 Å². The van der Waals surface area contributed by atoms with Gasteiger partial charge in [-0.2, -0.15) is 0 Å². The number of benzene rings is 1. The van der Waals surface area contributed by atoms with Crippen molar-refractivity contribution in [2.24, 2.45) is 5.73 Å². The van der Waals surface area contributed by atoms with Gasteiger partial charge in [-0.05, 0) is 31.9 Å². The summed E-state index contributed by atoms with van der Waals surface area (Å²) in [6.45, 7) is 5.01. The Kier molecular flexibility index (Phi) is 3.65. The summed E-state index contributed by atoms with van der Waals surface area (Å²) in [5.41, 5.74) is 5.17. The Morgan fingerprint density at radius 2 is 2.19 bits per heavy atom. The number of nitrogens with two attached hydrogens (primary N) is 1. The zero-order valence-electron chi connectivity index (χ0n) is 9.71. The summed E-state index contributed by atoms with van der Waals surface area (Å²) < 4.78 is 18.2. The summed E-state index contributed by atoms with van der Waals surface area (Å²) in [6, 6.07) is 4.28. The van der Waals surface area contributed by atoms with E-state index in [-0.39, 0.29) is 5.75 Å². The van der Waals surface area contributed by atoms with E-state index >= 15 is 0 Å². The van der Waals surface area contributed by atoms with Crippen molar-refractivity contribution in [2.45, 2.75) is 32.7 Å². The van der Waals surface area contributed by atoms with E-state index in [0.29, 0.717) is 12.0 Å². The minimum Gasteiger partial charge on any atom is -0.425 e. The first-order valence-corrected chi connectivity index (χ1v) is 5.14. The number of esters is 1. The maximum absolute atomic E-state index is 13.2. The molecule has 0 aliphatic heterocycles. The average Bonchev–Trinajstić information content (AvgIpc) is 2.23. The van der Waals surface area contributed by atoms with E-state index in [4.69, 9.17) is 10.5 Å². The number of carbonyl (C=O) groups is 1. The molecule has 0 aliphatic carbocycles. The number of aryl methyl sites for hydroxylation is 1. The molecule has 0 fully saturated rings. The van der Waals surface area contributed by atoms with E-state index < -0.39 is 17.3 Å². The molecule has 1 aromatic carbocycles. The number of halogens is 1. The molecule has 0 spiro atoms. The van der Waals surface area contributed by atoms with Crippen LogP contribution in [0.25, 0.3) is 0 Å². The highest BCUT2D eigenvalue weighted by atomic mass is 19.1. The van der Waals surface area contributed by atoms with Crippen LogP contribution >= 0.6 is 0 Å². The second kappa shape index (κ2) is 4.61. The third-order valence-electron chi connectivity index (χ3n) is 2.55. The molecule has 3 nitrogen and oxygen atoms in total. The number of rotatable bonds is 3. The van der Waals surface area contributed by atoms with E-state index in [0.717, 1.165) is 0 Å². The van der Waals surface area contributed by atoms with Crippen LogP contribution in [0, 0.1) is 12.7 Å². The molecule has 1 rings (SSSR count). The van der Waals surface area contributed by atoms with Crippen molar-refractivity contribution in [1.82, 2.24) is 0 Å². The normalized spacial score (nSPS) is 14.3. The Morgan fingerprint density at radius 1 is 1.56 bits per heavy atom. The Labute approximate surface area is 94.4 Å². The highest BCUT2D eigenvalue weighted by Gasteiger charge is 2.28. The molecule has 0 saturated heterocycles. The average molecular weight is 225 g/mol. The van der Waals surface area contributed by atoms with Gasteiger partial charge >= 0.3 is 5.97 Å². The monoisotopic (exact) mass is 225 g/mol. The van der Waals surface area contributed by atoms with Gasteiger partial charge in [0, 0.05) is 6.07 Å². The lowest BCUT2D eigenvalue weighted by atomic mass is 10.0. The molecule has 0 saturated carbocycles. The van der Waals surface area contributed by atoms with Crippen molar-refractivity contribution in [2.75, 3.05) is 0 Å². The van der Waals surface area contributed by atoms with Gasteiger partial charge in [-0.3, -0.25) is 0 Å². The Bertz CT molecular complexity index is 402. The van der Waals surface area contributed by atoms with E-state index in [1.54, 1.807) is 32.9 Å². The Morgan fingerprint density at radius 3 is 2.69 bits per heavy atom. The van der Waals surface area contributed by atoms with Gasteiger partial charge in [0.2, 0.25) is 0 Å². The van der Waals surface area contributed by atoms with Gasteiger partial charge in [-0.1, -0.05) is 13.0 Å². The topological polar surface area (TPSA) is 52.3 Å². The molecule has 2 N–H and O–H groups in total. The first-order valence-electron chi connectivity index (χ1n) is 5.14. The fourth-order valence-electron chi connectivity index (χ4n) is 1.01. The molecule has 0 radical (unpaired) electrons. The van der Waals surface area contributed by atoms with Crippen LogP contribution in [0.3, 0.4) is 0 Å². The third-order valence-corrected chi connectivity index (χ3v) is 2.55. The predicted octanol–water partition coefficient (Wildman–Crippen LogP) is 2.17. The molecule has 1 atom stereocenters. The summed E-state index contributed by atoms with van der Waals surface area (Å²) in [7, 11) is 0. The van der Waals surface area contributed by atoms with Gasteiger partial charge in [0.05, 0.1) is 0 Å². The molecule has 0 amide bonds. The van der Waals surface area contributed by atoms with Crippen LogP contribution in [0.15, 0.2) is 18.2 Å².